The molecule has 86 valence electrons. The number of ether oxygens (including phenoxy) is 1. The topological polar surface area (TPSA) is 29.5 Å². The first-order valence-corrected chi connectivity index (χ1v) is 5.70. The summed E-state index contributed by atoms with van der Waals surface area (Å²) in [5.74, 6) is 1.40. The van der Waals surface area contributed by atoms with Crippen LogP contribution in [-0.2, 0) is 4.74 Å². The highest BCUT2D eigenvalue weighted by Crippen LogP contribution is 2.61. The van der Waals surface area contributed by atoms with Crippen molar-refractivity contribution in [3.63, 3.8) is 0 Å². The molecule has 1 amide bonds. The van der Waals surface area contributed by atoms with Gasteiger partial charge in [0.15, 0.2) is 0 Å². The molecule has 0 spiro atoms. The van der Waals surface area contributed by atoms with E-state index in [1.807, 2.05) is 25.7 Å². The fraction of sp³-hybridized carbons (Fsp3) is 0.917. The van der Waals surface area contributed by atoms with Crippen LogP contribution in [0.15, 0.2) is 0 Å². The average molecular weight is 211 g/mol. The Balaban J connectivity index is 1.87. The summed E-state index contributed by atoms with van der Waals surface area (Å²) in [6.07, 6.45) is -0.148. The quantitative estimate of drug-likeness (QED) is 0.616. The number of amides is 1. The van der Waals surface area contributed by atoms with Gasteiger partial charge in [-0.05, 0) is 38.0 Å². The zero-order chi connectivity index (χ0) is 11.4. The Labute approximate surface area is 91.8 Å². The minimum atomic E-state index is -0.376. The highest BCUT2D eigenvalue weighted by molar-refractivity contribution is 5.69. The van der Waals surface area contributed by atoms with Crippen LogP contribution in [0.25, 0.3) is 0 Å². The average Bonchev–Trinajstić information content (AvgIpc) is 2.47. The lowest BCUT2D eigenvalue weighted by molar-refractivity contribution is 0.0255. The molecule has 1 saturated carbocycles. The van der Waals surface area contributed by atoms with E-state index in [-0.39, 0.29) is 11.7 Å². The van der Waals surface area contributed by atoms with E-state index in [9.17, 15) is 4.79 Å². The van der Waals surface area contributed by atoms with Crippen LogP contribution in [-0.4, -0.2) is 29.7 Å². The van der Waals surface area contributed by atoms with Gasteiger partial charge in [-0.25, -0.2) is 4.79 Å². The normalized spacial score (nSPS) is 32.5. The maximum atomic E-state index is 11.7. The van der Waals surface area contributed by atoms with E-state index in [4.69, 9.17) is 4.74 Å². The van der Waals surface area contributed by atoms with Gasteiger partial charge in [-0.3, -0.25) is 0 Å². The molecule has 2 rings (SSSR count). The molecule has 0 radical (unpaired) electrons. The molecule has 0 aromatic heterocycles. The maximum absolute atomic E-state index is 11.7. The molecule has 2 fully saturated rings. The van der Waals surface area contributed by atoms with Gasteiger partial charge in [0.25, 0.3) is 0 Å². The number of rotatable bonds is 0. The number of fused-ring (bicyclic) bond motifs is 1. The van der Waals surface area contributed by atoms with E-state index in [1.54, 1.807) is 0 Å². The molecule has 2 aliphatic rings. The zero-order valence-corrected chi connectivity index (χ0v) is 10.3. The first-order chi connectivity index (χ1) is 6.72. The molecule has 0 aromatic rings. The molecular formula is C12H21NO2. The molecule has 3 heteroatoms. The van der Waals surface area contributed by atoms with E-state index in [0.29, 0.717) is 17.3 Å². The molecule has 1 aliphatic carbocycles. The smallest absolute Gasteiger partial charge is 0.410 e. The molecule has 1 saturated heterocycles. The standard InChI is InChI=1S/C12H21NO2/c1-11(2,3)15-10(14)13-6-8-9(7-13)12(8,4)5/h8-9H,6-7H2,1-5H3/t8-,9-/m1/s1. The Bertz CT molecular complexity index is 276. The van der Waals surface area contributed by atoms with E-state index < -0.39 is 0 Å². The van der Waals surface area contributed by atoms with Crippen LogP contribution in [0, 0.1) is 17.3 Å². The third kappa shape index (κ3) is 1.84. The predicted molar refractivity (Wildman–Crippen MR) is 58.6 cm³/mol. The molecule has 1 aliphatic heterocycles. The largest absolute Gasteiger partial charge is 0.444 e. The highest BCUT2D eigenvalue weighted by atomic mass is 16.6. The van der Waals surface area contributed by atoms with Crippen molar-refractivity contribution < 1.29 is 9.53 Å². The second-order valence-electron chi connectivity index (χ2n) is 6.42. The van der Waals surface area contributed by atoms with Gasteiger partial charge in [-0.2, -0.15) is 0 Å². The van der Waals surface area contributed by atoms with Gasteiger partial charge in [0.2, 0.25) is 0 Å². The second-order valence-corrected chi connectivity index (χ2v) is 6.42. The monoisotopic (exact) mass is 211 g/mol. The number of carbonyl (C=O) groups excluding carboxylic acids is 1. The summed E-state index contributed by atoms with van der Waals surface area (Å²) in [4.78, 5) is 13.6. The van der Waals surface area contributed by atoms with Gasteiger partial charge in [0.05, 0.1) is 0 Å². The van der Waals surface area contributed by atoms with Gasteiger partial charge < -0.3 is 9.64 Å². The summed E-state index contributed by atoms with van der Waals surface area (Å²) in [6.45, 7) is 12.1. The van der Waals surface area contributed by atoms with Crippen molar-refractivity contribution in [2.24, 2.45) is 17.3 Å². The molecule has 0 aromatic carbocycles. The Hall–Kier alpha value is -0.730. The molecular weight excluding hydrogens is 190 g/mol. The van der Waals surface area contributed by atoms with Gasteiger partial charge in [0.1, 0.15) is 5.60 Å². The second kappa shape index (κ2) is 2.89. The van der Waals surface area contributed by atoms with Gasteiger partial charge in [-0.1, -0.05) is 13.8 Å². The number of hydrogen-bond donors (Lipinski definition) is 0. The van der Waals surface area contributed by atoms with Crippen LogP contribution in [0.4, 0.5) is 4.79 Å². The van der Waals surface area contributed by atoms with E-state index in [1.165, 1.54) is 0 Å². The fourth-order valence-corrected chi connectivity index (χ4v) is 2.61. The molecule has 15 heavy (non-hydrogen) atoms. The van der Waals surface area contributed by atoms with Crippen molar-refractivity contribution in [1.29, 1.82) is 0 Å². The first-order valence-electron chi connectivity index (χ1n) is 5.70. The first kappa shape index (κ1) is 10.8. The van der Waals surface area contributed by atoms with Crippen molar-refractivity contribution in [2.45, 2.75) is 40.2 Å². The van der Waals surface area contributed by atoms with E-state index in [0.717, 1.165) is 13.1 Å². The van der Waals surface area contributed by atoms with Gasteiger partial charge >= 0.3 is 6.09 Å². The number of hydrogen-bond acceptors (Lipinski definition) is 2. The van der Waals surface area contributed by atoms with Crippen LogP contribution in [0.1, 0.15) is 34.6 Å². The zero-order valence-electron chi connectivity index (χ0n) is 10.3. The summed E-state index contributed by atoms with van der Waals surface area (Å²) in [7, 11) is 0. The van der Waals surface area contributed by atoms with Crippen molar-refractivity contribution in [2.75, 3.05) is 13.1 Å². The minimum absolute atomic E-state index is 0.148. The third-order valence-corrected chi connectivity index (χ3v) is 3.77. The molecule has 0 N–H and O–H groups in total. The third-order valence-electron chi connectivity index (χ3n) is 3.77. The molecule has 0 unspecified atom stereocenters. The summed E-state index contributed by atoms with van der Waals surface area (Å²) < 4.78 is 5.35. The Kier molecular flexibility index (Phi) is 2.08. The molecule has 1 heterocycles. The van der Waals surface area contributed by atoms with Crippen molar-refractivity contribution in [3.05, 3.63) is 0 Å². The number of piperidine rings is 1. The SMILES string of the molecule is CC(C)(C)OC(=O)N1C[C@@H]2[C@@H](C1)C2(C)C. The highest BCUT2D eigenvalue weighted by Gasteiger charge is 2.63. The lowest BCUT2D eigenvalue weighted by Gasteiger charge is -2.26. The van der Waals surface area contributed by atoms with Crippen molar-refractivity contribution in [1.82, 2.24) is 4.90 Å². The maximum Gasteiger partial charge on any atom is 0.410 e. The van der Waals surface area contributed by atoms with Crippen LogP contribution < -0.4 is 0 Å². The van der Waals surface area contributed by atoms with E-state index in [2.05, 4.69) is 13.8 Å². The molecule has 0 bridgehead atoms. The summed E-state index contributed by atoms with van der Waals surface area (Å²) in [5, 5.41) is 0. The predicted octanol–water partition coefficient (Wildman–Crippen LogP) is 2.51. The fourth-order valence-electron chi connectivity index (χ4n) is 2.61. The van der Waals surface area contributed by atoms with Crippen molar-refractivity contribution >= 4 is 6.09 Å². The summed E-state index contributed by atoms with van der Waals surface area (Å²) >= 11 is 0. The Morgan fingerprint density at radius 1 is 1.27 bits per heavy atom. The lowest BCUT2D eigenvalue weighted by Crippen LogP contribution is -2.37. The summed E-state index contributed by atoms with van der Waals surface area (Å²) in [5.41, 5.74) is 0.0812. The minimum Gasteiger partial charge on any atom is -0.444 e. The Morgan fingerprint density at radius 3 is 2.13 bits per heavy atom. The number of likely N-dealkylation sites (tertiary alicyclic amines) is 1. The van der Waals surface area contributed by atoms with E-state index >= 15 is 0 Å². The van der Waals surface area contributed by atoms with Gasteiger partial charge in [-0.15, -0.1) is 0 Å². The number of nitrogens with zero attached hydrogens (tertiary/aromatic N) is 1. The van der Waals surface area contributed by atoms with Crippen LogP contribution >= 0.6 is 0 Å². The van der Waals surface area contributed by atoms with Crippen molar-refractivity contribution in [3.8, 4) is 0 Å². The number of carbonyl (C=O) groups is 1. The van der Waals surface area contributed by atoms with Crippen LogP contribution in [0.2, 0.25) is 0 Å². The van der Waals surface area contributed by atoms with Gasteiger partial charge in [0, 0.05) is 13.1 Å². The van der Waals surface area contributed by atoms with Crippen LogP contribution in [0.3, 0.4) is 0 Å². The molecule has 3 nitrogen and oxygen atoms in total. The van der Waals surface area contributed by atoms with Crippen LogP contribution in [0.5, 0.6) is 0 Å². The summed E-state index contributed by atoms with van der Waals surface area (Å²) in [6, 6.07) is 0. The lowest BCUT2D eigenvalue weighted by atomic mass is 10.1. The molecule has 2 atom stereocenters. The Morgan fingerprint density at radius 2 is 1.73 bits per heavy atom.